The maximum atomic E-state index is 0. The minimum absolute atomic E-state index is 0. The Morgan fingerprint density at radius 1 is 0.600 bits per heavy atom. The zero-order chi connectivity index (χ0) is 0. The zero-order valence-corrected chi connectivity index (χ0v) is 7.75. The van der Waals surface area contributed by atoms with Crippen LogP contribution in [-0.2, 0) is 19.5 Å². The molecule has 0 rings (SSSR count). The summed E-state index contributed by atoms with van der Waals surface area (Å²) in [5.41, 5.74) is 0. The summed E-state index contributed by atoms with van der Waals surface area (Å²) in [6.45, 7) is 0. The molecule has 0 bridgehead atoms. The van der Waals surface area contributed by atoms with Crippen LogP contribution in [0.3, 0.4) is 0 Å². The van der Waals surface area contributed by atoms with Crippen molar-refractivity contribution in [3.63, 3.8) is 0 Å². The van der Waals surface area contributed by atoms with Crippen molar-refractivity contribution in [3.05, 3.63) is 0 Å². The number of hydrogen-bond acceptors (Lipinski definition) is 2. The van der Waals surface area contributed by atoms with Crippen molar-refractivity contribution in [2.45, 2.75) is 0 Å². The van der Waals surface area contributed by atoms with Gasteiger partial charge in [-0.2, -0.15) is 19.8 Å². The molecule has 5 heavy (non-hydrogen) atoms. The molecule has 0 saturated carbocycles. The predicted octanol–water partition coefficient (Wildman–Crippen LogP) is 0.438. The van der Waals surface area contributed by atoms with Gasteiger partial charge in [0.15, 0.2) is 0 Å². The molecule has 2 atom stereocenters. The maximum absolute atomic E-state index is 0. The van der Waals surface area contributed by atoms with Gasteiger partial charge in [-0.15, -0.1) is 0 Å². The van der Waals surface area contributed by atoms with Crippen LogP contribution in [0.1, 0.15) is 0 Å². The second kappa shape index (κ2) is 53.2. The first kappa shape index (κ1) is 94.9. The largest absolute Gasteiger partial charge is 2.00 e. The SMILES string of the molecule is N.N.P.P.[Ru+2]. The molecule has 0 aliphatic heterocycles. The molecule has 0 aliphatic rings. The van der Waals surface area contributed by atoms with E-state index in [1.165, 1.54) is 0 Å². The van der Waals surface area contributed by atoms with Crippen molar-refractivity contribution >= 4 is 19.8 Å². The Morgan fingerprint density at radius 2 is 0.600 bits per heavy atom. The fraction of sp³-hybridized carbons (Fsp3) is 0. The van der Waals surface area contributed by atoms with E-state index >= 15 is 0 Å². The summed E-state index contributed by atoms with van der Waals surface area (Å²) in [6, 6.07) is 0. The second-order valence-corrected chi connectivity index (χ2v) is 0. The van der Waals surface area contributed by atoms with E-state index in [1.54, 1.807) is 0 Å². The van der Waals surface area contributed by atoms with Crippen LogP contribution in [0.5, 0.6) is 0 Å². The van der Waals surface area contributed by atoms with Gasteiger partial charge in [-0.25, -0.2) is 0 Å². The summed E-state index contributed by atoms with van der Waals surface area (Å²) in [7, 11) is 0. The maximum Gasteiger partial charge on any atom is 2.00 e. The van der Waals surface area contributed by atoms with Crippen molar-refractivity contribution < 1.29 is 19.5 Å². The molecule has 5 heteroatoms. The molecule has 0 radical (unpaired) electrons. The summed E-state index contributed by atoms with van der Waals surface area (Å²) in [5.74, 6) is 0. The fourth-order valence-corrected chi connectivity index (χ4v) is 0. The van der Waals surface area contributed by atoms with Gasteiger partial charge in [0.05, 0.1) is 0 Å². The fourth-order valence-electron chi connectivity index (χ4n) is 0. The van der Waals surface area contributed by atoms with Crippen LogP contribution >= 0.6 is 19.8 Å². The molecule has 2 unspecified atom stereocenters. The summed E-state index contributed by atoms with van der Waals surface area (Å²) in [5, 5.41) is 0. The van der Waals surface area contributed by atoms with E-state index < -0.39 is 0 Å². The molecular weight excluding hydrogens is 191 g/mol. The van der Waals surface area contributed by atoms with Crippen molar-refractivity contribution in [1.82, 2.24) is 12.3 Å². The van der Waals surface area contributed by atoms with Crippen molar-refractivity contribution in [3.8, 4) is 0 Å². The smallest absolute Gasteiger partial charge is 0.344 e. The van der Waals surface area contributed by atoms with Crippen LogP contribution < -0.4 is 12.3 Å². The molecule has 0 saturated heterocycles. The standard InChI is InChI=1S/2H3N.2H3P.Ru/h4*1H3;/q;;;;+2. The Kier molecular flexibility index (Phi) is 1010. The van der Waals surface area contributed by atoms with Gasteiger partial charge in [-0.3, -0.25) is 0 Å². The Balaban J connectivity index is 0. The number of rotatable bonds is 0. The Bertz CT molecular complexity index is 7.61. The summed E-state index contributed by atoms with van der Waals surface area (Å²) in [4.78, 5) is 0. The Hall–Kier alpha value is 1.40. The molecule has 0 aliphatic carbocycles. The molecule has 38 valence electrons. The van der Waals surface area contributed by atoms with E-state index in [-0.39, 0.29) is 51.6 Å². The van der Waals surface area contributed by atoms with E-state index in [9.17, 15) is 0 Å². The van der Waals surface area contributed by atoms with Gasteiger partial charge >= 0.3 is 19.5 Å². The molecule has 0 heterocycles. The van der Waals surface area contributed by atoms with Crippen LogP contribution in [0, 0.1) is 0 Å². The summed E-state index contributed by atoms with van der Waals surface area (Å²) >= 11 is 0. The predicted molar refractivity (Wildman–Crippen MR) is 32.3 cm³/mol. The monoisotopic (exact) mass is 204 g/mol. The third kappa shape index (κ3) is 31.8. The average molecular weight is 203 g/mol. The van der Waals surface area contributed by atoms with Gasteiger partial charge in [0.25, 0.3) is 0 Å². The Labute approximate surface area is 52.0 Å². The molecule has 0 spiro atoms. The van der Waals surface area contributed by atoms with Gasteiger partial charge in [-0.1, -0.05) is 0 Å². The average Bonchev–Trinajstić information content (AvgIpc) is 0. The minimum Gasteiger partial charge on any atom is -0.344 e. The molecule has 0 aromatic rings. The summed E-state index contributed by atoms with van der Waals surface area (Å²) in [6.07, 6.45) is 0. The van der Waals surface area contributed by atoms with Gasteiger partial charge in [0.2, 0.25) is 0 Å². The van der Waals surface area contributed by atoms with E-state index in [0.717, 1.165) is 0 Å². The number of hydrogen-bond donors (Lipinski definition) is 2. The van der Waals surface area contributed by atoms with Gasteiger partial charge in [0, 0.05) is 0 Å². The topological polar surface area (TPSA) is 70.0 Å². The van der Waals surface area contributed by atoms with Gasteiger partial charge in [0.1, 0.15) is 0 Å². The van der Waals surface area contributed by atoms with Crippen LogP contribution in [0.4, 0.5) is 0 Å². The quantitative estimate of drug-likeness (QED) is 0.443. The van der Waals surface area contributed by atoms with Crippen molar-refractivity contribution in [1.29, 1.82) is 0 Å². The molecule has 0 aromatic heterocycles. The molecule has 2 nitrogen and oxygen atoms in total. The molecule has 6 N–H and O–H groups in total. The van der Waals surface area contributed by atoms with Crippen molar-refractivity contribution in [2.75, 3.05) is 0 Å². The third-order valence-corrected chi connectivity index (χ3v) is 0. The molecular formula is H12N2P2Ru+2. The molecule has 0 fully saturated rings. The molecule has 0 amide bonds. The molecule has 0 aromatic carbocycles. The first-order chi connectivity index (χ1) is 0. The van der Waals surface area contributed by atoms with Crippen LogP contribution in [0.25, 0.3) is 0 Å². The van der Waals surface area contributed by atoms with E-state index in [2.05, 4.69) is 0 Å². The first-order valence-electron chi connectivity index (χ1n) is 0. The first-order valence-corrected chi connectivity index (χ1v) is 0. The zero-order valence-electron chi connectivity index (χ0n) is 3.18. The van der Waals surface area contributed by atoms with Gasteiger partial charge in [-0.05, 0) is 0 Å². The minimum atomic E-state index is 0. The van der Waals surface area contributed by atoms with Crippen LogP contribution in [0.2, 0.25) is 0 Å². The van der Waals surface area contributed by atoms with Gasteiger partial charge < -0.3 is 12.3 Å². The van der Waals surface area contributed by atoms with E-state index in [4.69, 9.17) is 0 Å². The third-order valence-electron chi connectivity index (χ3n) is 0. The summed E-state index contributed by atoms with van der Waals surface area (Å²) < 4.78 is 0. The van der Waals surface area contributed by atoms with E-state index in [0.29, 0.717) is 0 Å². The van der Waals surface area contributed by atoms with E-state index in [1.807, 2.05) is 0 Å². The van der Waals surface area contributed by atoms with Crippen LogP contribution in [0.15, 0.2) is 0 Å². The van der Waals surface area contributed by atoms with Crippen LogP contribution in [-0.4, -0.2) is 0 Å². The normalized spacial score (nSPS) is 0. The second-order valence-electron chi connectivity index (χ2n) is 0. The van der Waals surface area contributed by atoms with Crippen molar-refractivity contribution in [2.24, 2.45) is 0 Å². The Morgan fingerprint density at radius 3 is 0.600 bits per heavy atom.